The average molecular weight is 382 g/mol. The van der Waals surface area contributed by atoms with Crippen molar-refractivity contribution in [1.29, 1.82) is 0 Å². The molecule has 1 aromatic carbocycles. The fourth-order valence-electron chi connectivity index (χ4n) is 1.37. The summed E-state index contributed by atoms with van der Waals surface area (Å²) in [4.78, 5) is 11.1. The van der Waals surface area contributed by atoms with E-state index in [0.29, 0.717) is 20.4 Å². The minimum absolute atomic E-state index is 0.129. The summed E-state index contributed by atoms with van der Waals surface area (Å²) in [6, 6.07) is 3.40. The van der Waals surface area contributed by atoms with Gasteiger partial charge in [0.05, 0.1) is 16.1 Å². The van der Waals surface area contributed by atoms with Gasteiger partial charge in [0.15, 0.2) is 6.10 Å². The van der Waals surface area contributed by atoms with Crippen LogP contribution in [0.15, 0.2) is 21.1 Å². The third kappa shape index (κ3) is 3.62. The molecule has 0 heterocycles. The van der Waals surface area contributed by atoms with E-state index < -0.39 is 12.1 Å². The van der Waals surface area contributed by atoms with Gasteiger partial charge in [-0.05, 0) is 44.0 Å². The molecule has 0 aromatic heterocycles. The number of benzene rings is 1. The maximum atomic E-state index is 11.1. The molecule has 0 saturated heterocycles. The molecule has 4 nitrogen and oxygen atoms in total. The Balaban J connectivity index is 3.03. The number of ether oxygens (including phenoxy) is 2. The Labute approximate surface area is 123 Å². The molecule has 0 aliphatic carbocycles. The molecule has 1 N–H and O–H groups in total. The smallest absolute Gasteiger partial charge is 0.345 e. The van der Waals surface area contributed by atoms with Crippen LogP contribution in [0.25, 0.3) is 0 Å². The zero-order chi connectivity index (χ0) is 13.9. The summed E-state index contributed by atoms with van der Waals surface area (Å²) in [7, 11) is 1.56. The van der Waals surface area contributed by atoms with Gasteiger partial charge in [-0.2, -0.15) is 0 Å². The Morgan fingerprint density at radius 2 is 1.72 bits per heavy atom. The van der Waals surface area contributed by atoms with Crippen molar-refractivity contribution in [2.24, 2.45) is 5.92 Å². The standard InChI is InChI=1S/C12H14Br2O4/c1-6(2)11(12(15)16)18-10-5-7(13)9(17-3)4-8(10)14/h4-6,11H,1-3H3,(H,15,16). The molecule has 1 rings (SSSR count). The van der Waals surface area contributed by atoms with E-state index in [2.05, 4.69) is 31.9 Å². The van der Waals surface area contributed by atoms with Gasteiger partial charge in [-0.15, -0.1) is 0 Å². The molecule has 0 fully saturated rings. The number of rotatable bonds is 5. The fraction of sp³-hybridized carbons (Fsp3) is 0.417. The third-order valence-electron chi connectivity index (χ3n) is 2.31. The summed E-state index contributed by atoms with van der Waals surface area (Å²) >= 11 is 6.66. The second kappa shape index (κ2) is 6.43. The van der Waals surface area contributed by atoms with Gasteiger partial charge in [-0.25, -0.2) is 4.79 Å². The van der Waals surface area contributed by atoms with Gasteiger partial charge in [0, 0.05) is 5.92 Å². The lowest BCUT2D eigenvalue weighted by Crippen LogP contribution is -2.32. The van der Waals surface area contributed by atoms with Crippen LogP contribution in [0.3, 0.4) is 0 Å². The van der Waals surface area contributed by atoms with E-state index in [1.54, 1.807) is 33.1 Å². The topological polar surface area (TPSA) is 55.8 Å². The molecular formula is C12H14Br2O4. The summed E-state index contributed by atoms with van der Waals surface area (Å²) in [5, 5.41) is 9.09. The zero-order valence-electron chi connectivity index (χ0n) is 10.2. The van der Waals surface area contributed by atoms with Gasteiger partial charge in [0.25, 0.3) is 0 Å². The molecule has 0 aliphatic rings. The van der Waals surface area contributed by atoms with Crippen molar-refractivity contribution in [2.45, 2.75) is 20.0 Å². The molecule has 0 radical (unpaired) electrons. The van der Waals surface area contributed by atoms with Crippen LogP contribution >= 0.6 is 31.9 Å². The summed E-state index contributed by atoms with van der Waals surface area (Å²) in [6.45, 7) is 3.59. The molecule has 0 aliphatic heterocycles. The van der Waals surface area contributed by atoms with Crippen LogP contribution in [0.4, 0.5) is 0 Å². The molecule has 1 aromatic rings. The van der Waals surface area contributed by atoms with Crippen molar-refractivity contribution in [1.82, 2.24) is 0 Å². The van der Waals surface area contributed by atoms with Gasteiger partial charge in [0.1, 0.15) is 11.5 Å². The summed E-state index contributed by atoms with van der Waals surface area (Å²) in [5.74, 6) is -0.00598. The normalized spacial score (nSPS) is 12.3. The van der Waals surface area contributed by atoms with Crippen LogP contribution in [0, 0.1) is 5.92 Å². The minimum Gasteiger partial charge on any atom is -0.496 e. The van der Waals surface area contributed by atoms with E-state index in [9.17, 15) is 4.79 Å². The van der Waals surface area contributed by atoms with Crippen molar-refractivity contribution in [2.75, 3.05) is 7.11 Å². The molecule has 0 spiro atoms. The summed E-state index contributed by atoms with van der Waals surface area (Å²) in [5.41, 5.74) is 0. The van der Waals surface area contributed by atoms with Crippen molar-refractivity contribution in [3.63, 3.8) is 0 Å². The molecule has 6 heteroatoms. The van der Waals surface area contributed by atoms with Crippen molar-refractivity contribution in [3.8, 4) is 11.5 Å². The number of carbonyl (C=O) groups is 1. The number of carboxylic acid groups (broad SMARTS) is 1. The lowest BCUT2D eigenvalue weighted by atomic mass is 10.1. The molecule has 18 heavy (non-hydrogen) atoms. The zero-order valence-corrected chi connectivity index (χ0v) is 13.4. The van der Waals surface area contributed by atoms with E-state index in [1.807, 2.05) is 0 Å². The van der Waals surface area contributed by atoms with Crippen LogP contribution in [0.1, 0.15) is 13.8 Å². The van der Waals surface area contributed by atoms with Crippen LogP contribution in [0.2, 0.25) is 0 Å². The van der Waals surface area contributed by atoms with Gasteiger partial charge in [0.2, 0.25) is 0 Å². The first kappa shape index (κ1) is 15.3. The fourth-order valence-corrected chi connectivity index (χ4v) is 2.27. The van der Waals surface area contributed by atoms with Gasteiger partial charge >= 0.3 is 5.97 Å². The highest BCUT2D eigenvalue weighted by Gasteiger charge is 2.24. The minimum atomic E-state index is -0.983. The predicted molar refractivity (Wildman–Crippen MR) is 75.3 cm³/mol. The Morgan fingerprint density at radius 1 is 1.22 bits per heavy atom. The highest BCUT2D eigenvalue weighted by Crippen LogP contribution is 2.36. The largest absolute Gasteiger partial charge is 0.496 e. The first-order valence-corrected chi connectivity index (χ1v) is 6.88. The second-order valence-electron chi connectivity index (χ2n) is 4.04. The molecule has 1 atom stereocenters. The summed E-state index contributed by atoms with van der Waals surface area (Å²) in [6.07, 6.45) is -0.887. The van der Waals surface area contributed by atoms with E-state index in [-0.39, 0.29) is 5.92 Å². The van der Waals surface area contributed by atoms with Crippen molar-refractivity contribution < 1.29 is 19.4 Å². The van der Waals surface area contributed by atoms with Crippen molar-refractivity contribution in [3.05, 3.63) is 21.1 Å². The SMILES string of the molecule is COc1cc(Br)c(OC(C(=O)O)C(C)C)cc1Br. The highest BCUT2D eigenvalue weighted by atomic mass is 79.9. The lowest BCUT2D eigenvalue weighted by molar-refractivity contribution is -0.147. The number of carboxylic acids is 1. The number of methoxy groups -OCH3 is 1. The summed E-state index contributed by atoms with van der Waals surface area (Å²) < 4.78 is 12.0. The number of halogens is 2. The van der Waals surface area contributed by atoms with Crippen LogP contribution < -0.4 is 9.47 Å². The maximum absolute atomic E-state index is 11.1. The van der Waals surface area contributed by atoms with Crippen LogP contribution in [-0.4, -0.2) is 24.3 Å². The molecular weight excluding hydrogens is 368 g/mol. The van der Waals surface area contributed by atoms with Crippen molar-refractivity contribution >= 4 is 37.8 Å². The van der Waals surface area contributed by atoms with E-state index in [0.717, 1.165) is 0 Å². The van der Waals surface area contributed by atoms with E-state index in [1.165, 1.54) is 0 Å². The Kier molecular flexibility index (Phi) is 5.47. The van der Waals surface area contributed by atoms with Gasteiger partial charge in [-0.1, -0.05) is 13.8 Å². The molecule has 0 amide bonds. The average Bonchev–Trinajstić information content (AvgIpc) is 2.28. The predicted octanol–water partition coefficient (Wildman–Crippen LogP) is 3.71. The Hall–Kier alpha value is -0.750. The van der Waals surface area contributed by atoms with Gasteiger partial charge < -0.3 is 14.6 Å². The monoisotopic (exact) mass is 380 g/mol. The van der Waals surface area contributed by atoms with E-state index in [4.69, 9.17) is 14.6 Å². The number of aliphatic carboxylic acids is 1. The Bertz CT molecular complexity index is 446. The first-order valence-electron chi connectivity index (χ1n) is 5.29. The number of hydrogen-bond acceptors (Lipinski definition) is 3. The van der Waals surface area contributed by atoms with Crippen LogP contribution in [-0.2, 0) is 4.79 Å². The number of hydrogen-bond donors (Lipinski definition) is 1. The third-order valence-corrected chi connectivity index (χ3v) is 3.55. The molecule has 100 valence electrons. The van der Waals surface area contributed by atoms with Crippen LogP contribution in [0.5, 0.6) is 11.5 Å². The first-order chi connectivity index (χ1) is 8.36. The maximum Gasteiger partial charge on any atom is 0.345 e. The van der Waals surface area contributed by atoms with Gasteiger partial charge in [-0.3, -0.25) is 0 Å². The van der Waals surface area contributed by atoms with E-state index >= 15 is 0 Å². The molecule has 0 bridgehead atoms. The lowest BCUT2D eigenvalue weighted by Gasteiger charge is -2.19. The highest BCUT2D eigenvalue weighted by molar-refractivity contribution is 9.11. The second-order valence-corrected chi connectivity index (χ2v) is 5.75. The quantitative estimate of drug-likeness (QED) is 0.844. The molecule has 1 unspecified atom stereocenters. The molecule has 0 saturated carbocycles. The Morgan fingerprint density at radius 3 is 2.17 bits per heavy atom.